The monoisotopic (exact) mass is 621 g/mol. The van der Waals surface area contributed by atoms with Gasteiger partial charge in [0.2, 0.25) is 0 Å². The zero-order chi connectivity index (χ0) is 30.9. The zero-order valence-electron chi connectivity index (χ0n) is 26.2. The van der Waals surface area contributed by atoms with Gasteiger partial charge in [-0.2, -0.15) is 0 Å². The van der Waals surface area contributed by atoms with Crippen LogP contribution >= 0.6 is 11.9 Å². The highest BCUT2D eigenvalue weighted by atomic mass is 32.2. The number of rotatable bonds is 14. The van der Waals surface area contributed by atoms with Crippen LogP contribution in [0.2, 0.25) is 0 Å². The molecule has 4 rings (SSSR count). The molecule has 1 atom stereocenters. The Kier molecular flexibility index (Phi) is 16.4. The molecule has 10 nitrogen and oxygen atoms in total. The molecule has 2 heterocycles. The van der Waals surface area contributed by atoms with Gasteiger partial charge >= 0.3 is 0 Å². The molecule has 0 aliphatic carbocycles. The number of methoxy groups -OCH3 is 3. The fourth-order valence-electron chi connectivity index (χ4n) is 3.86. The van der Waals surface area contributed by atoms with E-state index in [0.29, 0.717) is 49.1 Å². The number of anilines is 1. The molecule has 0 saturated carbocycles. The van der Waals surface area contributed by atoms with Crippen LogP contribution in [-0.4, -0.2) is 61.2 Å². The topological polar surface area (TPSA) is 110 Å². The fourth-order valence-corrected chi connectivity index (χ4v) is 5.48. The minimum Gasteiger partial charge on any atom is -0.496 e. The summed E-state index contributed by atoms with van der Waals surface area (Å²) in [7, 11) is 3.79. The van der Waals surface area contributed by atoms with Crippen molar-refractivity contribution in [1.82, 2.24) is 20.3 Å². The SMILES string of the molecule is CC.CCC.CCc1ccc(OC)c(SNc2noc3cc(CN4C=C(CNS(=O)CCOC)CN4)cc(OC)c23)c1. The summed E-state index contributed by atoms with van der Waals surface area (Å²) in [4.78, 5) is 0.966. The van der Waals surface area contributed by atoms with E-state index in [2.05, 4.69) is 52.9 Å². The van der Waals surface area contributed by atoms with Crippen molar-refractivity contribution in [2.75, 3.05) is 51.5 Å². The summed E-state index contributed by atoms with van der Waals surface area (Å²) in [5.74, 6) is 2.51. The number of hydrogen-bond donors (Lipinski definition) is 3. The molecule has 1 unspecified atom stereocenters. The molecule has 42 heavy (non-hydrogen) atoms. The number of aryl methyl sites for hydroxylation is 1. The minimum atomic E-state index is -1.11. The van der Waals surface area contributed by atoms with Gasteiger partial charge in [0.25, 0.3) is 0 Å². The number of hydrogen-bond acceptors (Lipinski definition) is 10. The Morgan fingerprint density at radius 3 is 2.48 bits per heavy atom. The molecule has 12 heteroatoms. The van der Waals surface area contributed by atoms with Crippen LogP contribution in [0.5, 0.6) is 11.5 Å². The van der Waals surface area contributed by atoms with Crippen molar-refractivity contribution in [3.05, 3.63) is 53.2 Å². The van der Waals surface area contributed by atoms with Crippen LogP contribution in [0, 0.1) is 0 Å². The predicted molar refractivity (Wildman–Crippen MR) is 174 cm³/mol. The van der Waals surface area contributed by atoms with E-state index in [9.17, 15) is 4.21 Å². The van der Waals surface area contributed by atoms with Gasteiger partial charge in [-0.05, 0) is 59.3 Å². The number of benzene rings is 2. The van der Waals surface area contributed by atoms with Crippen molar-refractivity contribution in [3.63, 3.8) is 0 Å². The average Bonchev–Trinajstić information content (AvgIpc) is 3.65. The molecule has 0 amide bonds. The Morgan fingerprint density at radius 1 is 1.07 bits per heavy atom. The third-order valence-corrected chi connectivity index (χ3v) is 7.68. The summed E-state index contributed by atoms with van der Waals surface area (Å²) in [6, 6.07) is 10.1. The molecule has 0 spiro atoms. The smallest absolute Gasteiger partial charge is 0.191 e. The van der Waals surface area contributed by atoms with Crippen molar-refractivity contribution in [2.24, 2.45) is 0 Å². The van der Waals surface area contributed by atoms with E-state index in [4.69, 9.17) is 18.7 Å². The highest BCUT2D eigenvalue weighted by Gasteiger charge is 2.19. The van der Waals surface area contributed by atoms with Crippen LogP contribution in [0.1, 0.15) is 52.2 Å². The van der Waals surface area contributed by atoms with Crippen LogP contribution in [0.25, 0.3) is 11.0 Å². The van der Waals surface area contributed by atoms with Crippen molar-refractivity contribution in [2.45, 2.75) is 58.9 Å². The van der Waals surface area contributed by atoms with Gasteiger partial charge in [0.1, 0.15) is 16.9 Å². The van der Waals surface area contributed by atoms with Crippen molar-refractivity contribution < 1.29 is 22.9 Å². The number of ether oxygens (including phenoxy) is 3. The number of hydrazine groups is 1. The lowest BCUT2D eigenvalue weighted by molar-refractivity contribution is 0.218. The minimum absolute atomic E-state index is 0.463. The van der Waals surface area contributed by atoms with E-state index in [1.165, 1.54) is 23.9 Å². The molecule has 0 saturated heterocycles. The Morgan fingerprint density at radius 2 is 1.81 bits per heavy atom. The van der Waals surface area contributed by atoms with E-state index < -0.39 is 11.0 Å². The van der Waals surface area contributed by atoms with Crippen molar-refractivity contribution >= 4 is 39.7 Å². The van der Waals surface area contributed by atoms with Crippen molar-refractivity contribution in [1.29, 1.82) is 0 Å². The van der Waals surface area contributed by atoms with Gasteiger partial charge in [-0.1, -0.05) is 52.3 Å². The Balaban J connectivity index is 0.00000116. The van der Waals surface area contributed by atoms with E-state index in [0.717, 1.165) is 33.6 Å². The maximum atomic E-state index is 11.9. The third-order valence-electron chi connectivity index (χ3n) is 5.85. The first-order chi connectivity index (χ1) is 20.5. The van der Waals surface area contributed by atoms with Crippen LogP contribution in [0.15, 0.2) is 51.5 Å². The van der Waals surface area contributed by atoms with Crippen LogP contribution in [0.4, 0.5) is 5.82 Å². The maximum Gasteiger partial charge on any atom is 0.191 e. The fraction of sp³-hybridized carbons (Fsp3) is 0.500. The maximum absolute atomic E-state index is 11.9. The molecule has 0 fully saturated rings. The molecule has 3 aromatic rings. The Labute approximate surface area is 257 Å². The molecular formula is C30H47N5O5S2. The van der Waals surface area contributed by atoms with E-state index in [-0.39, 0.29) is 0 Å². The summed E-state index contributed by atoms with van der Waals surface area (Å²) in [6.45, 7) is 12.7. The van der Waals surface area contributed by atoms with E-state index in [1.807, 2.05) is 43.3 Å². The Hall–Kier alpha value is -2.77. The average molecular weight is 622 g/mol. The lowest BCUT2D eigenvalue weighted by Gasteiger charge is -2.16. The van der Waals surface area contributed by atoms with E-state index in [1.54, 1.807) is 21.3 Å². The molecule has 0 bridgehead atoms. The van der Waals surface area contributed by atoms with Crippen molar-refractivity contribution in [3.8, 4) is 11.5 Å². The first-order valence-electron chi connectivity index (χ1n) is 14.3. The van der Waals surface area contributed by atoms with Gasteiger partial charge in [-0.15, -0.1) is 0 Å². The second-order valence-electron chi connectivity index (χ2n) is 9.07. The summed E-state index contributed by atoms with van der Waals surface area (Å²) in [6.07, 6.45) is 4.22. The molecule has 1 aliphatic heterocycles. The molecule has 2 aromatic carbocycles. The highest BCUT2D eigenvalue weighted by molar-refractivity contribution is 8.00. The molecule has 1 aliphatic rings. The lowest BCUT2D eigenvalue weighted by Crippen LogP contribution is -2.29. The molecule has 0 radical (unpaired) electrons. The van der Waals surface area contributed by atoms with Gasteiger partial charge in [0.05, 0.1) is 49.0 Å². The number of nitrogens with one attached hydrogen (secondary N) is 3. The molecule has 234 valence electrons. The number of fused-ring (bicyclic) bond motifs is 1. The number of nitrogens with zero attached hydrogens (tertiary/aromatic N) is 2. The molecule has 3 N–H and O–H groups in total. The van der Waals surface area contributed by atoms with Gasteiger partial charge in [0.15, 0.2) is 11.4 Å². The van der Waals surface area contributed by atoms with Gasteiger partial charge in [-0.3, -0.25) is 0 Å². The first-order valence-corrected chi connectivity index (χ1v) is 16.5. The lowest BCUT2D eigenvalue weighted by atomic mass is 10.1. The van der Waals surface area contributed by atoms with Crippen LogP contribution in [-0.2, 0) is 28.7 Å². The summed E-state index contributed by atoms with van der Waals surface area (Å²) in [5, 5.41) is 7.02. The number of aromatic nitrogens is 1. The van der Waals surface area contributed by atoms with Crippen LogP contribution in [0.3, 0.4) is 0 Å². The Bertz CT molecular complexity index is 1280. The zero-order valence-corrected chi connectivity index (χ0v) is 27.8. The largest absolute Gasteiger partial charge is 0.496 e. The second kappa shape index (κ2) is 19.4. The summed E-state index contributed by atoms with van der Waals surface area (Å²) < 4.78 is 40.1. The van der Waals surface area contributed by atoms with Gasteiger partial charge in [0, 0.05) is 26.4 Å². The predicted octanol–water partition coefficient (Wildman–Crippen LogP) is 6.07. The van der Waals surface area contributed by atoms with Crippen LogP contribution < -0.4 is 24.3 Å². The van der Waals surface area contributed by atoms with Gasteiger partial charge in [-0.25, -0.2) is 14.4 Å². The standard InChI is InChI=1S/C25H33N5O5S2.C3H8.C2H6/c1-5-17-6-7-20(33-3)23(12-17)36-29-25-24-21(34-4)10-18(11-22(24)35-28-25)15-30-16-19(13-26-30)14-27-37(31)9-8-32-2;1-3-2;1-2/h6-7,10-12,16,26-27H,5,8-9,13-15H2,1-4H3,(H,28,29);3H2,1-2H3;1-2H3. The third kappa shape index (κ3) is 10.5. The highest BCUT2D eigenvalue weighted by Crippen LogP contribution is 2.37. The second-order valence-corrected chi connectivity index (χ2v) is 11.3. The molecular weight excluding hydrogens is 574 g/mol. The van der Waals surface area contributed by atoms with E-state index >= 15 is 0 Å². The quantitative estimate of drug-likeness (QED) is 0.183. The normalized spacial score (nSPS) is 13.0. The summed E-state index contributed by atoms with van der Waals surface area (Å²) in [5.41, 5.74) is 7.30. The summed E-state index contributed by atoms with van der Waals surface area (Å²) >= 11 is 1.42. The van der Waals surface area contributed by atoms with Gasteiger partial charge < -0.3 is 28.5 Å². The first kappa shape index (κ1) is 35.4. The molecule has 1 aromatic heterocycles.